The van der Waals surface area contributed by atoms with E-state index in [1.165, 1.54) is 14.2 Å². The number of amides is 2. The van der Waals surface area contributed by atoms with Crippen LogP contribution in [0, 0.1) is 28.6 Å². The fourth-order valence-corrected chi connectivity index (χ4v) is 8.98. The van der Waals surface area contributed by atoms with Crippen LogP contribution in [0.5, 0.6) is 5.75 Å². The Morgan fingerprint density at radius 2 is 1.98 bits per heavy atom. The summed E-state index contributed by atoms with van der Waals surface area (Å²) < 4.78 is 40.0. The zero-order valence-electron chi connectivity index (χ0n) is 25.7. The molecule has 4 aliphatic carbocycles. The fourth-order valence-electron chi connectivity index (χ4n) is 8.72. The van der Waals surface area contributed by atoms with E-state index in [1.54, 1.807) is 12.1 Å². The summed E-state index contributed by atoms with van der Waals surface area (Å²) >= 11 is 6.75. The molecular formula is C32H38ClF2N5O5. The van der Waals surface area contributed by atoms with Gasteiger partial charge in [-0.15, -0.1) is 5.10 Å². The molecule has 3 atom stereocenters. The third kappa shape index (κ3) is 4.98. The highest BCUT2D eigenvalue weighted by atomic mass is 35.5. The standard InChI is InChI=1S/C32H38ClF2N5O5/c1-31(30(43)44-3)12-17-10-18(11-17)26(31)29(42)40-9-6-19-20(33)4-5-23(45-15-21-27(28(34)35)38(2)37-36-21)25(19)22(40)14-39-16-32(7-8-32)13-24(39)41/h4-5,17-18,22,26,28H,6-16H2,1-3H3/t17?,18?,22-,26+,31+/m1/s1. The molecule has 6 aliphatic rings. The van der Waals surface area contributed by atoms with Crippen molar-refractivity contribution in [3.63, 3.8) is 0 Å². The Bertz CT molecular complexity index is 1560. The number of aryl methyl sites for hydroxylation is 1. The molecule has 2 aliphatic heterocycles. The number of ether oxygens (including phenoxy) is 2. The maximum atomic E-state index is 14.8. The molecule has 2 aromatic rings. The molecule has 242 valence electrons. The number of likely N-dealkylation sites (tertiary alicyclic amines) is 1. The van der Waals surface area contributed by atoms with Crippen molar-refractivity contribution in [2.75, 3.05) is 26.7 Å². The first kappa shape index (κ1) is 30.4. The summed E-state index contributed by atoms with van der Waals surface area (Å²) in [7, 11) is 2.77. The average molecular weight is 646 g/mol. The normalized spacial score (nSPS) is 29.5. The molecule has 5 fully saturated rings. The number of hydrogen-bond donors (Lipinski definition) is 0. The van der Waals surface area contributed by atoms with Gasteiger partial charge in [-0.1, -0.05) is 16.8 Å². The number of methoxy groups -OCH3 is 1. The van der Waals surface area contributed by atoms with Gasteiger partial charge in [-0.2, -0.15) is 0 Å². The number of nitrogens with zero attached hydrogens (tertiary/aromatic N) is 5. The number of fused-ring (bicyclic) bond motifs is 3. The van der Waals surface area contributed by atoms with Gasteiger partial charge in [0.15, 0.2) is 0 Å². The molecule has 45 heavy (non-hydrogen) atoms. The number of alkyl halides is 2. The van der Waals surface area contributed by atoms with Gasteiger partial charge in [0, 0.05) is 43.7 Å². The second-order valence-electron chi connectivity index (χ2n) is 14.0. The molecule has 4 saturated carbocycles. The van der Waals surface area contributed by atoms with Gasteiger partial charge < -0.3 is 19.3 Å². The van der Waals surface area contributed by atoms with Gasteiger partial charge in [-0.3, -0.25) is 14.4 Å². The molecule has 10 nitrogen and oxygen atoms in total. The quantitative estimate of drug-likeness (QED) is 0.385. The second-order valence-corrected chi connectivity index (χ2v) is 14.4. The zero-order chi connectivity index (χ0) is 31.8. The van der Waals surface area contributed by atoms with E-state index in [1.807, 2.05) is 16.7 Å². The Labute approximate surface area is 265 Å². The number of esters is 1. The fraction of sp³-hybridized carbons (Fsp3) is 0.656. The van der Waals surface area contributed by atoms with Crippen LogP contribution in [0.4, 0.5) is 8.78 Å². The average Bonchev–Trinajstić information content (AvgIpc) is 3.52. The van der Waals surface area contributed by atoms with E-state index in [0.717, 1.165) is 35.9 Å². The lowest BCUT2D eigenvalue weighted by Crippen LogP contribution is -2.59. The van der Waals surface area contributed by atoms with Crippen LogP contribution in [0.15, 0.2) is 12.1 Å². The van der Waals surface area contributed by atoms with E-state index in [0.29, 0.717) is 54.6 Å². The number of hydrogen-bond acceptors (Lipinski definition) is 7. The molecule has 1 aromatic heterocycles. The van der Waals surface area contributed by atoms with E-state index in [-0.39, 0.29) is 53.7 Å². The minimum atomic E-state index is -2.79. The van der Waals surface area contributed by atoms with Crippen LogP contribution >= 0.6 is 11.6 Å². The number of halogens is 3. The van der Waals surface area contributed by atoms with Gasteiger partial charge >= 0.3 is 5.97 Å². The Morgan fingerprint density at radius 1 is 1.22 bits per heavy atom. The summed E-state index contributed by atoms with van der Waals surface area (Å²) in [5.74, 6) is -0.147. The van der Waals surface area contributed by atoms with Crippen molar-refractivity contribution < 1.29 is 32.6 Å². The summed E-state index contributed by atoms with van der Waals surface area (Å²) in [4.78, 5) is 44.9. The lowest BCUT2D eigenvalue weighted by Gasteiger charge is -2.56. The van der Waals surface area contributed by atoms with Crippen molar-refractivity contribution in [1.82, 2.24) is 24.8 Å². The molecule has 2 amide bonds. The van der Waals surface area contributed by atoms with Crippen LogP contribution < -0.4 is 4.74 Å². The zero-order valence-corrected chi connectivity index (χ0v) is 26.5. The number of rotatable bonds is 8. The van der Waals surface area contributed by atoms with Crippen LogP contribution in [-0.4, -0.2) is 69.3 Å². The highest BCUT2D eigenvalue weighted by Gasteiger charge is 2.61. The largest absolute Gasteiger partial charge is 0.487 e. The summed E-state index contributed by atoms with van der Waals surface area (Å²) in [6, 6.07) is 2.78. The summed E-state index contributed by atoms with van der Waals surface area (Å²) in [6.07, 6.45) is 2.55. The monoisotopic (exact) mass is 645 g/mol. The van der Waals surface area contributed by atoms with E-state index in [2.05, 4.69) is 10.3 Å². The van der Waals surface area contributed by atoms with Crippen molar-refractivity contribution in [2.45, 2.75) is 70.9 Å². The summed E-state index contributed by atoms with van der Waals surface area (Å²) in [6.45, 7) is 2.82. The van der Waals surface area contributed by atoms with Crippen LogP contribution in [0.25, 0.3) is 0 Å². The molecule has 1 spiro atoms. The van der Waals surface area contributed by atoms with Gasteiger partial charge in [-0.05, 0) is 80.4 Å². The van der Waals surface area contributed by atoms with Crippen molar-refractivity contribution in [3.05, 3.63) is 39.7 Å². The van der Waals surface area contributed by atoms with Crippen LogP contribution in [0.3, 0.4) is 0 Å². The predicted molar refractivity (Wildman–Crippen MR) is 157 cm³/mol. The Kier molecular flexibility index (Phi) is 7.37. The van der Waals surface area contributed by atoms with E-state index < -0.39 is 23.8 Å². The number of benzene rings is 1. The molecule has 1 saturated heterocycles. The van der Waals surface area contributed by atoms with E-state index in [9.17, 15) is 23.2 Å². The highest BCUT2D eigenvalue weighted by molar-refractivity contribution is 6.31. The van der Waals surface area contributed by atoms with Gasteiger partial charge in [-0.25, -0.2) is 13.5 Å². The van der Waals surface area contributed by atoms with E-state index >= 15 is 0 Å². The van der Waals surface area contributed by atoms with Crippen molar-refractivity contribution >= 4 is 29.4 Å². The lowest BCUT2D eigenvalue weighted by atomic mass is 9.49. The molecule has 1 aromatic carbocycles. The Balaban J connectivity index is 1.27. The number of aromatic nitrogens is 3. The third-order valence-electron chi connectivity index (χ3n) is 11.2. The topological polar surface area (TPSA) is 107 Å². The van der Waals surface area contributed by atoms with Crippen molar-refractivity contribution in [3.8, 4) is 5.75 Å². The van der Waals surface area contributed by atoms with Gasteiger partial charge in [0.2, 0.25) is 11.8 Å². The molecule has 0 N–H and O–H groups in total. The van der Waals surface area contributed by atoms with Crippen LogP contribution in [-0.2, 0) is 39.2 Å². The minimum Gasteiger partial charge on any atom is -0.487 e. The second kappa shape index (κ2) is 10.9. The first-order valence-electron chi connectivity index (χ1n) is 15.7. The Morgan fingerprint density at radius 3 is 2.64 bits per heavy atom. The van der Waals surface area contributed by atoms with Gasteiger partial charge in [0.05, 0.1) is 24.5 Å². The molecule has 3 heterocycles. The van der Waals surface area contributed by atoms with Crippen LogP contribution in [0.1, 0.15) is 80.4 Å². The van der Waals surface area contributed by atoms with Gasteiger partial charge in [0.1, 0.15) is 23.7 Å². The SMILES string of the molecule is COC(=O)[C@@]1(C)CC2CC(C2)[C@H]1C(=O)N1CCc2c(Cl)ccc(OCc3nnn(C)c3C(F)F)c2[C@H]1CN1CC2(CC2)CC1=O. The minimum absolute atomic E-state index is 0.0116. The van der Waals surface area contributed by atoms with Gasteiger partial charge in [0.25, 0.3) is 6.43 Å². The first-order valence-corrected chi connectivity index (χ1v) is 16.1. The lowest BCUT2D eigenvalue weighted by molar-refractivity contribution is -0.179. The molecular weight excluding hydrogens is 608 g/mol. The third-order valence-corrected chi connectivity index (χ3v) is 11.5. The Hall–Kier alpha value is -3.28. The van der Waals surface area contributed by atoms with E-state index in [4.69, 9.17) is 21.1 Å². The molecule has 0 radical (unpaired) electrons. The molecule has 13 heteroatoms. The smallest absolute Gasteiger partial charge is 0.312 e. The molecule has 0 unspecified atom stereocenters. The van der Waals surface area contributed by atoms with Crippen LogP contribution in [0.2, 0.25) is 5.02 Å². The predicted octanol–water partition coefficient (Wildman–Crippen LogP) is 4.65. The number of carbonyl (C=O) groups is 3. The maximum absolute atomic E-state index is 14.8. The number of carbonyl (C=O) groups excluding carboxylic acids is 3. The molecule has 8 rings (SSSR count). The maximum Gasteiger partial charge on any atom is 0.312 e. The first-order chi connectivity index (χ1) is 21.4. The summed E-state index contributed by atoms with van der Waals surface area (Å²) in [5, 5.41) is 8.15. The molecule has 2 bridgehead atoms. The van der Waals surface area contributed by atoms with Crippen molar-refractivity contribution in [2.24, 2.45) is 35.6 Å². The summed E-state index contributed by atoms with van der Waals surface area (Å²) in [5.41, 5.74) is 0.209. The van der Waals surface area contributed by atoms with Crippen molar-refractivity contribution in [1.29, 1.82) is 0 Å². The highest BCUT2D eigenvalue weighted by Crippen LogP contribution is 2.59.